The minimum Gasteiger partial charge on any atom is -0.325 e. The smallest absolute Gasteiger partial charge is 0.234 e. The summed E-state index contributed by atoms with van der Waals surface area (Å²) in [6.07, 6.45) is 0. The van der Waals surface area contributed by atoms with Crippen molar-refractivity contribution in [2.24, 2.45) is 0 Å². The Labute approximate surface area is 150 Å². The molecule has 0 aliphatic heterocycles. The highest BCUT2D eigenvalue weighted by atomic mass is 32.2. The molecule has 0 fully saturated rings. The molecule has 0 spiro atoms. The van der Waals surface area contributed by atoms with Crippen LogP contribution in [0.3, 0.4) is 0 Å². The van der Waals surface area contributed by atoms with E-state index in [0.717, 1.165) is 16.5 Å². The number of nitrogens with one attached hydrogen (secondary N) is 1. The summed E-state index contributed by atoms with van der Waals surface area (Å²) in [6.45, 7) is 3.54. The van der Waals surface area contributed by atoms with E-state index in [1.807, 2.05) is 42.5 Å². The van der Waals surface area contributed by atoms with Gasteiger partial charge in [0.15, 0.2) is 0 Å². The third kappa shape index (κ3) is 3.78. The third-order valence-corrected chi connectivity index (χ3v) is 4.66. The van der Waals surface area contributed by atoms with Crippen LogP contribution < -0.4 is 5.32 Å². The van der Waals surface area contributed by atoms with E-state index in [1.165, 1.54) is 11.8 Å². The number of rotatable bonds is 4. The van der Waals surface area contributed by atoms with Crippen LogP contribution in [0.5, 0.6) is 0 Å². The van der Waals surface area contributed by atoms with Gasteiger partial charge in [-0.15, -0.1) is 0 Å². The van der Waals surface area contributed by atoms with Crippen molar-refractivity contribution in [3.05, 3.63) is 59.5 Å². The molecule has 0 saturated heterocycles. The van der Waals surface area contributed by atoms with Crippen molar-refractivity contribution in [2.75, 3.05) is 11.1 Å². The van der Waals surface area contributed by atoms with Crippen LogP contribution in [-0.4, -0.2) is 21.6 Å². The molecule has 0 aliphatic rings. The number of benzene rings is 2. The first-order chi connectivity index (χ1) is 12.1. The third-order valence-electron chi connectivity index (χ3n) is 3.68. The molecule has 6 heteroatoms. The van der Waals surface area contributed by atoms with Crippen molar-refractivity contribution in [1.29, 1.82) is 5.26 Å². The van der Waals surface area contributed by atoms with Crippen LogP contribution in [0.2, 0.25) is 0 Å². The number of nitriles is 1. The van der Waals surface area contributed by atoms with Gasteiger partial charge in [-0.3, -0.25) is 4.79 Å². The molecule has 0 bridgehead atoms. The van der Waals surface area contributed by atoms with Gasteiger partial charge in [-0.25, -0.2) is 9.97 Å². The second kappa shape index (κ2) is 7.32. The highest BCUT2D eigenvalue weighted by molar-refractivity contribution is 8.00. The molecule has 3 rings (SSSR count). The first-order valence-corrected chi connectivity index (χ1v) is 8.73. The van der Waals surface area contributed by atoms with Gasteiger partial charge in [-0.1, -0.05) is 48.2 Å². The fourth-order valence-electron chi connectivity index (χ4n) is 2.57. The van der Waals surface area contributed by atoms with Crippen molar-refractivity contribution < 1.29 is 4.79 Å². The summed E-state index contributed by atoms with van der Waals surface area (Å²) in [5.74, 6) is 0.626. The minimum atomic E-state index is -0.140. The van der Waals surface area contributed by atoms with Crippen LogP contribution in [0.25, 0.3) is 10.8 Å². The fraction of sp³-hybridized carbons (Fsp3) is 0.158. The first kappa shape index (κ1) is 16.9. The second-order valence-electron chi connectivity index (χ2n) is 5.51. The maximum absolute atomic E-state index is 12.3. The molecular formula is C19H16N4OS. The van der Waals surface area contributed by atoms with Gasteiger partial charge in [-0.2, -0.15) is 5.26 Å². The molecule has 0 unspecified atom stereocenters. The Morgan fingerprint density at radius 1 is 1.16 bits per heavy atom. The molecule has 0 saturated carbocycles. The zero-order valence-electron chi connectivity index (χ0n) is 13.9. The van der Waals surface area contributed by atoms with E-state index in [-0.39, 0.29) is 11.7 Å². The Morgan fingerprint density at radius 3 is 2.72 bits per heavy atom. The van der Waals surface area contributed by atoms with Crippen molar-refractivity contribution >= 4 is 34.1 Å². The van der Waals surface area contributed by atoms with E-state index in [9.17, 15) is 10.1 Å². The predicted molar refractivity (Wildman–Crippen MR) is 99.5 cm³/mol. The normalized spacial score (nSPS) is 10.4. The average Bonchev–Trinajstić information content (AvgIpc) is 2.60. The zero-order chi connectivity index (χ0) is 17.8. The fourth-order valence-corrected chi connectivity index (χ4v) is 3.44. The lowest BCUT2D eigenvalue weighted by Crippen LogP contribution is -2.14. The average molecular weight is 348 g/mol. The number of aryl methyl sites for hydroxylation is 2. The number of anilines is 1. The monoisotopic (exact) mass is 348 g/mol. The number of carbonyl (C=O) groups excluding carboxylic acids is 1. The van der Waals surface area contributed by atoms with Crippen LogP contribution in [0.4, 0.5) is 5.69 Å². The second-order valence-corrected chi connectivity index (χ2v) is 6.48. The van der Waals surface area contributed by atoms with Gasteiger partial charge >= 0.3 is 0 Å². The van der Waals surface area contributed by atoms with Gasteiger partial charge in [0.05, 0.1) is 11.4 Å². The van der Waals surface area contributed by atoms with Gasteiger partial charge in [0.25, 0.3) is 0 Å². The van der Waals surface area contributed by atoms with Crippen molar-refractivity contribution in [3.8, 4) is 6.07 Å². The van der Waals surface area contributed by atoms with Crippen LogP contribution in [0.1, 0.15) is 17.1 Å². The molecule has 1 aromatic heterocycles. The quantitative estimate of drug-likeness (QED) is 0.572. The summed E-state index contributed by atoms with van der Waals surface area (Å²) < 4.78 is 0. The standard InChI is InChI=1S/C19H16N4OS/c1-12-16(10-20)19(22-13(2)21-12)25-11-18(24)23-17-9-5-7-14-6-3-4-8-15(14)17/h3-9H,11H2,1-2H3,(H,23,24). The largest absolute Gasteiger partial charge is 0.325 e. The van der Waals surface area contributed by atoms with Crippen LogP contribution >= 0.6 is 11.8 Å². The van der Waals surface area contributed by atoms with Crippen molar-refractivity contribution in [3.63, 3.8) is 0 Å². The summed E-state index contributed by atoms with van der Waals surface area (Å²) in [6, 6.07) is 15.8. The molecule has 1 heterocycles. The maximum Gasteiger partial charge on any atom is 0.234 e. The number of fused-ring (bicyclic) bond motifs is 1. The lowest BCUT2D eigenvalue weighted by Gasteiger charge is -2.09. The van der Waals surface area contributed by atoms with Crippen molar-refractivity contribution in [1.82, 2.24) is 9.97 Å². The molecule has 3 aromatic rings. The van der Waals surface area contributed by atoms with Gasteiger partial charge in [0.2, 0.25) is 5.91 Å². The molecule has 25 heavy (non-hydrogen) atoms. The van der Waals surface area contributed by atoms with E-state index in [1.54, 1.807) is 13.8 Å². The molecule has 1 N–H and O–H groups in total. The Hall–Kier alpha value is -2.91. The molecule has 0 radical (unpaired) electrons. The van der Waals surface area contributed by atoms with E-state index in [2.05, 4.69) is 21.4 Å². The topological polar surface area (TPSA) is 78.7 Å². The summed E-state index contributed by atoms with van der Waals surface area (Å²) in [5, 5.41) is 14.8. The molecule has 124 valence electrons. The summed E-state index contributed by atoms with van der Waals surface area (Å²) in [5.41, 5.74) is 1.83. The molecular weight excluding hydrogens is 332 g/mol. The van der Waals surface area contributed by atoms with Crippen LogP contribution in [0, 0.1) is 25.2 Å². The Morgan fingerprint density at radius 2 is 1.92 bits per heavy atom. The molecule has 0 atom stereocenters. The summed E-state index contributed by atoms with van der Waals surface area (Å²) in [4.78, 5) is 20.8. The molecule has 5 nitrogen and oxygen atoms in total. The lowest BCUT2D eigenvalue weighted by atomic mass is 10.1. The van der Waals surface area contributed by atoms with Gasteiger partial charge in [-0.05, 0) is 25.3 Å². The minimum absolute atomic E-state index is 0.140. The predicted octanol–water partition coefficient (Wildman–Crippen LogP) is 3.85. The number of hydrogen-bond donors (Lipinski definition) is 1. The summed E-state index contributed by atoms with van der Waals surface area (Å²) >= 11 is 1.25. The van der Waals surface area contributed by atoms with E-state index in [4.69, 9.17) is 0 Å². The van der Waals surface area contributed by atoms with E-state index >= 15 is 0 Å². The van der Waals surface area contributed by atoms with E-state index in [0.29, 0.717) is 22.1 Å². The number of amides is 1. The molecule has 2 aromatic carbocycles. The number of hydrogen-bond acceptors (Lipinski definition) is 5. The van der Waals surface area contributed by atoms with Crippen LogP contribution in [0.15, 0.2) is 47.5 Å². The number of nitrogens with zero attached hydrogens (tertiary/aromatic N) is 3. The molecule has 1 amide bonds. The van der Waals surface area contributed by atoms with Gasteiger partial charge in [0, 0.05) is 11.1 Å². The summed E-state index contributed by atoms with van der Waals surface area (Å²) in [7, 11) is 0. The highest BCUT2D eigenvalue weighted by Crippen LogP contribution is 2.25. The van der Waals surface area contributed by atoms with E-state index < -0.39 is 0 Å². The Balaban J connectivity index is 1.75. The Bertz CT molecular complexity index is 989. The van der Waals surface area contributed by atoms with Gasteiger partial charge in [0.1, 0.15) is 22.5 Å². The Kier molecular flexibility index (Phi) is 4.96. The maximum atomic E-state index is 12.3. The van der Waals surface area contributed by atoms with Crippen LogP contribution in [-0.2, 0) is 4.79 Å². The number of carbonyl (C=O) groups is 1. The highest BCUT2D eigenvalue weighted by Gasteiger charge is 2.13. The number of aromatic nitrogens is 2. The first-order valence-electron chi connectivity index (χ1n) is 7.74. The number of thioether (sulfide) groups is 1. The SMILES string of the molecule is Cc1nc(C)c(C#N)c(SCC(=O)Nc2cccc3ccccc23)n1. The van der Waals surface area contributed by atoms with Gasteiger partial charge < -0.3 is 5.32 Å². The van der Waals surface area contributed by atoms with Crippen molar-refractivity contribution in [2.45, 2.75) is 18.9 Å². The molecule has 0 aliphatic carbocycles. The lowest BCUT2D eigenvalue weighted by molar-refractivity contribution is -0.113. The zero-order valence-corrected chi connectivity index (χ0v) is 14.7.